The zero-order chi connectivity index (χ0) is 17.9. The van der Waals surface area contributed by atoms with Crippen molar-refractivity contribution < 1.29 is 9.53 Å². The number of carbonyl (C=O) groups excluding carboxylic acids is 1. The summed E-state index contributed by atoms with van der Waals surface area (Å²) in [7, 11) is 0. The van der Waals surface area contributed by atoms with Gasteiger partial charge in [0.15, 0.2) is 0 Å². The second-order valence-electron chi connectivity index (χ2n) is 5.99. The van der Waals surface area contributed by atoms with Crippen molar-refractivity contribution in [3.63, 3.8) is 0 Å². The molecule has 0 saturated carbocycles. The fourth-order valence-electron chi connectivity index (χ4n) is 3.07. The molecule has 0 radical (unpaired) electrons. The van der Waals surface area contributed by atoms with Crippen molar-refractivity contribution in [2.24, 2.45) is 0 Å². The van der Waals surface area contributed by atoms with Crippen LogP contribution in [0.4, 0.5) is 0 Å². The molecule has 4 aromatic rings. The Morgan fingerprint density at radius 3 is 2.62 bits per heavy atom. The first-order valence-corrected chi connectivity index (χ1v) is 8.40. The molecular formula is C20H18N4O2. The van der Waals surface area contributed by atoms with E-state index in [0.717, 1.165) is 22.4 Å². The lowest BCUT2D eigenvalue weighted by Gasteiger charge is -2.22. The molecule has 0 aliphatic heterocycles. The lowest BCUT2D eigenvalue weighted by atomic mass is 10.1. The molecule has 0 N–H and O–H groups in total. The Morgan fingerprint density at radius 1 is 1.04 bits per heavy atom. The summed E-state index contributed by atoms with van der Waals surface area (Å²) in [5, 5.41) is 8.54. The molecule has 6 heteroatoms. The average Bonchev–Trinajstić information content (AvgIpc) is 3.29. The maximum absolute atomic E-state index is 11.4. The number of esters is 1. The summed E-state index contributed by atoms with van der Waals surface area (Å²) in [5.74, 6) is 0.561. The van der Waals surface area contributed by atoms with Gasteiger partial charge in [-0.2, -0.15) is 4.68 Å². The molecule has 4 rings (SSSR count). The molecule has 2 aromatic carbocycles. The topological polar surface area (TPSA) is 61.9 Å². The van der Waals surface area contributed by atoms with Crippen molar-refractivity contribution in [3.05, 3.63) is 78.5 Å². The summed E-state index contributed by atoms with van der Waals surface area (Å²) in [5.41, 5.74) is 2.80. The first-order valence-electron chi connectivity index (χ1n) is 8.40. The van der Waals surface area contributed by atoms with Gasteiger partial charge in [-0.05, 0) is 29.8 Å². The Labute approximate surface area is 150 Å². The number of para-hydroxylation sites is 1. The lowest BCUT2D eigenvalue weighted by molar-refractivity contribution is -0.141. The summed E-state index contributed by atoms with van der Waals surface area (Å²) in [6.45, 7) is 1.66. The number of benzene rings is 2. The molecule has 0 fully saturated rings. The summed E-state index contributed by atoms with van der Waals surface area (Å²) in [4.78, 5) is 11.4. The highest BCUT2D eigenvalue weighted by atomic mass is 16.5. The third-order valence-electron chi connectivity index (χ3n) is 4.29. The number of hydrogen-bond acceptors (Lipinski definition) is 4. The zero-order valence-electron chi connectivity index (χ0n) is 14.3. The smallest absolute Gasteiger partial charge is 0.302 e. The molecule has 130 valence electrons. The second kappa shape index (κ2) is 6.84. The minimum Gasteiger partial charge on any atom is -0.463 e. The van der Waals surface area contributed by atoms with Crippen molar-refractivity contribution in [1.82, 2.24) is 19.6 Å². The first-order chi connectivity index (χ1) is 12.7. The largest absolute Gasteiger partial charge is 0.463 e. The van der Waals surface area contributed by atoms with Crippen molar-refractivity contribution in [2.45, 2.75) is 13.0 Å². The molecule has 0 spiro atoms. The number of aromatic nitrogens is 4. The molecule has 0 aliphatic carbocycles. The quantitative estimate of drug-likeness (QED) is 0.520. The number of rotatable bonds is 5. The van der Waals surface area contributed by atoms with Gasteiger partial charge < -0.3 is 9.30 Å². The van der Waals surface area contributed by atoms with Crippen LogP contribution >= 0.6 is 0 Å². The number of carbonyl (C=O) groups is 1. The first kappa shape index (κ1) is 16.1. The van der Waals surface area contributed by atoms with E-state index in [1.807, 2.05) is 72.9 Å². The van der Waals surface area contributed by atoms with Crippen LogP contribution in [-0.4, -0.2) is 32.1 Å². The summed E-state index contributed by atoms with van der Waals surface area (Å²) >= 11 is 0. The highest BCUT2D eigenvalue weighted by Crippen LogP contribution is 2.25. The van der Waals surface area contributed by atoms with Crippen molar-refractivity contribution >= 4 is 17.0 Å². The van der Waals surface area contributed by atoms with Gasteiger partial charge in [-0.25, -0.2) is 0 Å². The van der Waals surface area contributed by atoms with Crippen LogP contribution in [0.3, 0.4) is 0 Å². The highest BCUT2D eigenvalue weighted by Gasteiger charge is 2.19. The third kappa shape index (κ3) is 2.97. The number of ether oxygens (including phenoxy) is 1. The molecule has 0 saturated heterocycles. The van der Waals surface area contributed by atoms with Gasteiger partial charge >= 0.3 is 5.97 Å². The standard InChI is InChI=1S/C20H18N4O2/c1-15(25)26-14-19(16-8-3-2-4-9-16)23-13-7-12-20(23)24-18-11-6-5-10-17(18)21-22-24/h2-13,19H,14H2,1H3/t19-/m1/s1. The van der Waals surface area contributed by atoms with E-state index in [2.05, 4.69) is 14.9 Å². The maximum Gasteiger partial charge on any atom is 0.302 e. The molecular weight excluding hydrogens is 328 g/mol. The van der Waals surface area contributed by atoms with Crippen LogP contribution in [-0.2, 0) is 9.53 Å². The predicted molar refractivity (Wildman–Crippen MR) is 98.1 cm³/mol. The van der Waals surface area contributed by atoms with Gasteiger partial charge in [-0.15, -0.1) is 5.10 Å². The van der Waals surface area contributed by atoms with Crippen molar-refractivity contribution in [1.29, 1.82) is 0 Å². The Bertz CT molecular complexity index is 1040. The molecule has 0 aliphatic rings. The second-order valence-corrected chi connectivity index (χ2v) is 5.99. The van der Waals surface area contributed by atoms with Gasteiger partial charge in [0.2, 0.25) is 0 Å². The maximum atomic E-state index is 11.4. The Kier molecular flexibility index (Phi) is 4.23. The lowest BCUT2D eigenvalue weighted by Crippen LogP contribution is -2.20. The van der Waals surface area contributed by atoms with Gasteiger partial charge in [0.25, 0.3) is 0 Å². The van der Waals surface area contributed by atoms with Crippen LogP contribution in [0, 0.1) is 0 Å². The van der Waals surface area contributed by atoms with Crippen LogP contribution in [0.25, 0.3) is 16.9 Å². The molecule has 6 nitrogen and oxygen atoms in total. The third-order valence-corrected chi connectivity index (χ3v) is 4.29. The van der Waals surface area contributed by atoms with Crippen LogP contribution in [0.5, 0.6) is 0 Å². The van der Waals surface area contributed by atoms with E-state index in [4.69, 9.17) is 4.74 Å². The predicted octanol–water partition coefficient (Wildman–Crippen LogP) is 3.37. The van der Waals surface area contributed by atoms with Gasteiger partial charge in [0.1, 0.15) is 17.9 Å². The molecule has 0 bridgehead atoms. The number of hydrogen-bond donors (Lipinski definition) is 0. The van der Waals surface area contributed by atoms with Crippen LogP contribution < -0.4 is 0 Å². The number of nitrogens with zero attached hydrogens (tertiary/aromatic N) is 4. The van der Waals surface area contributed by atoms with Crippen LogP contribution in [0.2, 0.25) is 0 Å². The van der Waals surface area contributed by atoms with E-state index in [1.165, 1.54) is 6.92 Å². The molecule has 0 unspecified atom stereocenters. The summed E-state index contributed by atoms with van der Waals surface area (Å²) < 4.78 is 9.20. The van der Waals surface area contributed by atoms with Crippen LogP contribution in [0.1, 0.15) is 18.5 Å². The molecule has 26 heavy (non-hydrogen) atoms. The average molecular weight is 346 g/mol. The van der Waals surface area contributed by atoms with Crippen LogP contribution in [0.15, 0.2) is 72.9 Å². The van der Waals surface area contributed by atoms with E-state index in [9.17, 15) is 4.79 Å². The molecule has 1 atom stereocenters. The minimum atomic E-state index is -0.300. The van der Waals surface area contributed by atoms with Gasteiger partial charge in [0, 0.05) is 13.1 Å². The van der Waals surface area contributed by atoms with E-state index in [0.29, 0.717) is 0 Å². The van der Waals surface area contributed by atoms with Gasteiger partial charge in [-0.3, -0.25) is 4.79 Å². The van der Waals surface area contributed by atoms with Crippen molar-refractivity contribution in [2.75, 3.05) is 6.61 Å². The van der Waals surface area contributed by atoms with Gasteiger partial charge in [-0.1, -0.05) is 47.7 Å². The normalized spacial score (nSPS) is 12.2. The summed E-state index contributed by atoms with van der Waals surface area (Å²) in [6, 6.07) is 21.6. The summed E-state index contributed by atoms with van der Waals surface area (Å²) in [6.07, 6.45) is 1.97. The fourth-order valence-corrected chi connectivity index (χ4v) is 3.07. The Morgan fingerprint density at radius 2 is 1.81 bits per heavy atom. The molecule has 0 amide bonds. The van der Waals surface area contributed by atoms with E-state index < -0.39 is 0 Å². The highest BCUT2D eigenvalue weighted by molar-refractivity contribution is 5.75. The minimum absolute atomic E-state index is 0.159. The monoisotopic (exact) mass is 346 g/mol. The fraction of sp³-hybridized carbons (Fsp3) is 0.150. The van der Waals surface area contributed by atoms with Gasteiger partial charge in [0.05, 0.1) is 11.6 Å². The number of fused-ring (bicyclic) bond motifs is 1. The van der Waals surface area contributed by atoms with E-state index in [-0.39, 0.29) is 18.6 Å². The molecule has 2 aromatic heterocycles. The van der Waals surface area contributed by atoms with E-state index in [1.54, 1.807) is 4.68 Å². The Balaban J connectivity index is 1.81. The zero-order valence-corrected chi connectivity index (χ0v) is 14.3. The van der Waals surface area contributed by atoms with Crippen molar-refractivity contribution in [3.8, 4) is 5.82 Å². The Hall–Kier alpha value is -3.41. The SMILES string of the molecule is CC(=O)OC[C@H](c1ccccc1)n1cccc1-n1nnc2ccccc21. The molecule has 2 heterocycles. The van der Waals surface area contributed by atoms with E-state index >= 15 is 0 Å².